The molecular weight excluding hydrogens is 581 g/mol. The van der Waals surface area contributed by atoms with Crippen LogP contribution in [0.4, 0.5) is 5.69 Å². The maximum atomic E-state index is 14.2. The molecule has 3 aromatic rings. The standard InChI is InChI=1S/C31H37Cl2N3O4S/c1-5-7-18-34-31(38)28(6-2)35(20-25-26(32)14-11-15-27(25)33)30(37)21-36(29-19-22(3)16-17-23(29)4)41(39,40)24-12-9-8-10-13-24/h8-17,19,28H,5-7,18,20-21H2,1-4H3,(H,34,38)/t28-/m1/s1. The Morgan fingerprint density at radius 3 is 2.20 bits per heavy atom. The molecule has 0 aliphatic rings. The highest BCUT2D eigenvalue weighted by Gasteiger charge is 2.34. The number of unbranched alkanes of at least 4 members (excludes halogenated alkanes) is 1. The largest absolute Gasteiger partial charge is 0.354 e. The van der Waals surface area contributed by atoms with Crippen LogP contribution in [0.2, 0.25) is 10.0 Å². The Labute approximate surface area is 253 Å². The van der Waals surface area contributed by atoms with Crippen LogP contribution in [0, 0.1) is 13.8 Å². The van der Waals surface area contributed by atoms with Gasteiger partial charge in [0.2, 0.25) is 11.8 Å². The van der Waals surface area contributed by atoms with E-state index in [1.54, 1.807) is 49.4 Å². The lowest BCUT2D eigenvalue weighted by atomic mass is 10.1. The number of hydrogen-bond acceptors (Lipinski definition) is 4. The third-order valence-corrected chi connectivity index (χ3v) is 9.33. The van der Waals surface area contributed by atoms with Crippen molar-refractivity contribution >= 4 is 50.7 Å². The summed E-state index contributed by atoms with van der Waals surface area (Å²) < 4.78 is 29.1. The van der Waals surface area contributed by atoms with Gasteiger partial charge in [-0.05, 0) is 68.1 Å². The quantitative estimate of drug-likeness (QED) is 0.221. The van der Waals surface area contributed by atoms with Crippen LogP contribution in [0.3, 0.4) is 0 Å². The number of halogens is 2. The average molecular weight is 619 g/mol. The van der Waals surface area contributed by atoms with Crippen LogP contribution in [-0.4, -0.2) is 44.3 Å². The minimum absolute atomic E-state index is 0.0544. The summed E-state index contributed by atoms with van der Waals surface area (Å²) in [5, 5.41) is 3.61. The lowest BCUT2D eigenvalue weighted by molar-refractivity contribution is -0.140. The SMILES string of the molecule is CCCCNC(=O)[C@@H](CC)N(Cc1c(Cl)cccc1Cl)C(=O)CN(c1cc(C)ccc1C)S(=O)(=O)c1ccccc1. The number of benzene rings is 3. The zero-order valence-corrected chi connectivity index (χ0v) is 26.2. The maximum Gasteiger partial charge on any atom is 0.264 e. The van der Waals surface area contributed by atoms with E-state index in [1.807, 2.05) is 32.9 Å². The molecule has 2 amide bonds. The summed E-state index contributed by atoms with van der Waals surface area (Å²) in [7, 11) is -4.15. The maximum absolute atomic E-state index is 14.2. The molecule has 3 rings (SSSR count). The predicted octanol–water partition coefficient (Wildman–Crippen LogP) is 6.53. The van der Waals surface area contributed by atoms with Gasteiger partial charge in [-0.1, -0.05) is 79.9 Å². The van der Waals surface area contributed by atoms with Crippen molar-refractivity contribution in [1.29, 1.82) is 0 Å². The van der Waals surface area contributed by atoms with E-state index < -0.39 is 28.5 Å². The summed E-state index contributed by atoms with van der Waals surface area (Å²) in [6.45, 7) is 7.36. The first kappa shape index (κ1) is 32.4. The van der Waals surface area contributed by atoms with E-state index in [2.05, 4.69) is 5.32 Å². The van der Waals surface area contributed by atoms with Gasteiger partial charge >= 0.3 is 0 Å². The van der Waals surface area contributed by atoms with E-state index in [1.165, 1.54) is 17.0 Å². The van der Waals surface area contributed by atoms with Gasteiger partial charge < -0.3 is 10.2 Å². The van der Waals surface area contributed by atoms with Crippen molar-refractivity contribution in [1.82, 2.24) is 10.2 Å². The van der Waals surface area contributed by atoms with Gasteiger partial charge in [0, 0.05) is 28.7 Å². The van der Waals surface area contributed by atoms with Crippen molar-refractivity contribution in [3.8, 4) is 0 Å². The number of anilines is 1. The van der Waals surface area contributed by atoms with Crippen LogP contribution in [0.5, 0.6) is 0 Å². The number of nitrogens with zero attached hydrogens (tertiary/aromatic N) is 2. The van der Waals surface area contributed by atoms with Crippen molar-refractivity contribution in [3.63, 3.8) is 0 Å². The molecule has 0 fully saturated rings. The van der Waals surface area contributed by atoms with Gasteiger partial charge in [0.25, 0.3) is 10.0 Å². The predicted molar refractivity (Wildman–Crippen MR) is 166 cm³/mol. The molecule has 10 heteroatoms. The number of carbonyl (C=O) groups is 2. The first-order chi connectivity index (χ1) is 19.5. The minimum atomic E-state index is -4.15. The molecule has 1 N–H and O–H groups in total. The summed E-state index contributed by atoms with van der Waals surface area (Å²) in [6.07, 6.45) is 2.00. The average Bonchev–Trinajstić information content (AvgIpc) is 2.95. The molecule has 0 saturated carbocycles. The number of rotatable bonds is 13. The zero-order chi connectivity index (χ0) is 30.2. The highest BCUT2D eigenvalue weighted by atomic mass is 35.5. The molecule has 0 bridgehead atoms. The van der Waals surface area contributed by atoms with Crippen molar-refractivity contribution in [2.75, 3.05) is 17.4 Å². The topological polar surface area (TPSA) is 86.8 Å². The van der Waals surface area contributed by atoms with Gasteiger partial charge in [-0.15, -0.1) is 0 Å². The van der Waals surface area contributed by atoms with Crippen molar-refractivity contribution in [3.05, 3.63) is 93.5 Å². The highest BCUT2D eigenvalue weighted by Crippen LogP contribution is 2.30. The summed E-state index contributed by atoms with van der Waals surface area (Å²) >= 11 is 12.9. The van der Waals surface area contributed by atoms with E-state index >= 15 is 0 Å². The molecule has 3 aromatic carbocycles. The molecule has 0 aliphatic heterocycles. The van der Waals surface area contributed by atoms with Crippen LogP contribution in [-0.2, 0) is 26.2 Å². The summed E-state index contributed by atoms with van der Waals surface area (Å²) in [6, 6.07) is 17.6. The number of nitrogens with one attached hydrogen (secondary N) is 1. The first-order valence-corrected chi connectivity index (χ1v) is 15.9. The molecule has 0 aliphatic carbocycles. The van der Waals surface area contributed by atoms with Gasteiger partial charge in [-0.3, -0.25) is 13.9 Å². The molecule has 0 spiro atoms. The number of amides is 2. The Kier molecular flexibility index (Phi) is 11.6. The lowest BCUT2D eigenvalue weighted by Crippen LogP contribution is -2.52. The van der Waals surface area contributed by atoms with E-state index in [4.69, 9.17) is 23.2 Å². The highest BCUT2D eigenvalue weighted by molar-refractivity contribution is 7.92. The molecule has 220 valence electrons. The second-order valence-electron chi connectivity index (χ2n) is 9.91. The molecule has 1 atom stereocenters. The number of sulfonamides is 1. The van der Waals surface area contributed by atoms with Crippen LogP contribution < -0.4 is 9.62 Å². The molecular formula is C31H37Cl2N3O4S. The van der Waals surface area contributed by atoms with E-state index in [9.17, 15) is 18.0 Å². The smallest absolute Gasteiger partial charge is 0.264 e. The third-order valence-electron chi connectivity index (χ3n) is 6.85. The lowest BCUT2D eigenvalue weighted by Gasteiger charge is -2.34. The molecule has 0 radical (unpaired) electrons. The van der Waals surface area contributed by atoms with Crippen LogP contribution in [0.1, 0.15) is 49.8 Å². The summed E-state index contributed by atoms with van der Waals surface area (Å²) in [5.41, 5.74) is 2.40. The van der Waals surface area contributed by atoms with Crippen LogP contribution in [0.15, 0.2) is 71.6 Å². The van der Waals surface area contributed by atoms with Gasteiger partial charge in [0.05, 0.1) is 10.6 Å². The minimum Gasteiger partial charge on any atom is -0.354 e. The second-order valence-corrected chi connectivity index (χ2v) is 12.6. The molecule has 0 aromatic heterocycles. The Morgan fingerprint density at radius 1 is 0.927 bits per heavy atom. The Hall–Kier alpha value is -3.07. The first-order valence-electron chi connectivity index (χ1n) is 13.7. The fourth-order valence-electron chi connectivity index (χ4n) is 4.50. The normalized spacial score (nSPS) is 12.0. The molecule has 41 heavy (non-hydrogen) atoms. The van der Waals surface area contributed by atoms with Crippen molar-refractivity contribution < 1.29 is 18.0 Å². The second kappa shape index (κ2) is 14.7. The van der Waals surface area contributed by atoms with Gasteiger partial charge in [0.15, 0.2) is 0 Å². The van der Waals surface area contributed by atoms with E-state index in [0.29, 0.717) is 39.8 Å². The summed E-state index contributed by atoms with van der Waals surface area (Å²) in [4.78, 5) is 29.0. The number of aryl methyl sites for hydroxylation is 2. The van der Waals surface area contributed by atoms with E-state index in [-0.39, 0.29) is 17.3 Å². The summed E-state index contributed by atoms with van der Waals surface area (Å²) in [5.74, 6) is -0.874. The molecule has 7 nitrogen and oxygen atoms in total. The molecule has 0 heterocycles. The van der Waals surface area contributed by atoms with Crippen LogP contribution >= 0.6 is 23.2 Å². The molecule has 0 unspecified atom stereocenters. The zero-order valence-electron chi connectivity index (χ0n) is 23.9. The van der Waals surface area contributed by atoms with Crippen LogP contribution in [0.25, 0.3) is 0 Å². The number of carbonyl (C=O) groups excluding carboxylic acids is 2. The third kappa shape index (κ3) is 8.03. The Morgan fingerprint density at radius 2 is 1.59 bits per heavy atom. The van der Waals surface area contributed by atoms with E-state index in [0.717, 1.165) is 22.7 Å². The van der Waals surface area contributed by atoms with Crippen molar-refractivity contribution in [2.45, 2.75) is 64.4 Å². The fraction of sp³-hybridized carbons (Fsp3) is 0.355. The van der Waals surface area contributed by atoms with Gasteiger partial charge in [-0.25, -0.2) is 8.42 Å². The molecule has 0 saturated heterocycles. The fourth-order valence-corrected chi connectivity index (χ4v) is 6.51. The Balaban J connectivity index is 2.10. The monoisotopic (exact) mass is 617 g/mol. The van der Waals surface area contributed by atoms with Gasteiger partial charge in [-0.2, -0.15) is 0 Å². The van der Waals surface area contributed by atoms with Crippen molar-refractivity contribution in [2.24, 2.45) is 0 Å². The number of hydrogen-bond donors (Lipinski definition) is 1. The Bertz CT molecular complexity index is 1450. The van der Waals surface area contributed by atoms with Gasteiger partial charge in [0.1, 0.15) is 12.6 Å².